The van der Waals surface area contributed by atoms with Gasteiger partial charge in [-0.3, -0.25) is 11.3 Å². The quantitative estimate of drug-likeness (QED) is 0.651. The van der Waals surface area contributed by atoms with Crippen LogP contribution in [0.3, 0.4) is 0 Å². The molecule has 0 saturated heterocycles. The summed E-state index contributed by atoms with van der Waals surface area (Å²) in [6, 6.07) is 0.381. The maximum atomic E-state index is 5.75. The fourth-order valence-corrected chi connectivity index (χ4v) is 3.70. The number of nitrogens with one attached hydrogen (secondary N) is 1. The number of hydrogen-bond donors (Lipinski definition) is 2. The molecule has 0 bridgehead atoms. The lowest BCUT2D eigenvalue weighted by atomic mass is 9.71. The average Bonchev–Trinajstić information content (AvgIpc) is 2.72. The van der Waals surface area contributed by atoms with Gasteiger partial charge < -0.3 is 0 Å². The van der Waals surface area contributed by atoms with Gasteiger partial charge in [0, 0.05) is 23.5 Å². The van der Waals surface area contributed by atoms with Gasteiger partial charge in [-0.15, -0.1) is 11.3 Å². The highest BCUT2D eigenvalue weighted by Gasteiger charge is 2.31. The van der Waals surface area contributed by atoms with Gasteiger partial charge in [-0.2, -0.15) is 0 Å². The number of aromatic nitrogens is 1. The predicted octanol–water partition coefficient (Wildman–Crippen LogP) is 3.04. The van der Waals surface area contributed by atoms with Gasteiger partial charge in [-0.05, 0) is 43.9 Å². The van der Waals surface area contributed by atoms with E-state index in [1.54, 1.807) is 11.3 Å². The van der Waals surface area contributed by atoms with E-state index < -0.39 is 0 Å². The Kier molecular flexibility index (Phi) is 4.41. The highest BCUT2D eigenvalue weighted by molar-refractivity contribution is 7.09. The molecule has 3 nitrogen and oxygen atoms in total. The molecule has 18 heavy (non-hydrogen) atoms. The molecule has 0 radical (unpaired) electrons. The van der Waals surface area contributed by atoms with Gasteiger partial charge in [-0.25, -0.2) is 4.98 Å². The first kappa shape index (κ1) is 14.0. The fraction of sp³-hybridized carbons (Fsp3) is 0.786. The Morgan fingerprint density at radius 2 is 2.17 bits per heavy atom. The molecular weight excluding hydrogens is 242 g/mol. The van der Waals surface area contributed by atoms with Gasteiger partial charge in [0.25, 0.3) is 0 Å². The number of hydrazine groups is 1. The van der Waals surface area contributed by atoms with E-state index in [0.717, 1.165) is 12.1 Å². The number of hydrogen-bond acceptors (Lipinski definition) is 4. The van der Waals surface area contributed by atoms with Crippen molar-refractivity contribution in [1.82, 2.24) is 10.4 Å². The predicted molar refractivity (Wildman–Crippen MR) is 77.4 cm³/mol. The molecule has 1 saturated carbocycles. The number of thiazole rings is 1. The van der Waals surface area contributed by atoms with E-state index in [2.05, 4.69) is 29.6 Å². The van der Waals surface area contributed by atoms with Crippen molar-refractivity contribution in [2.24, 2.45) is 17.2 Å². The molecule has 1 aliphatic carbocycles. The third-order valence-corrected chi connectivity index (χ3v) is 5.22. The third-order valence-electron chi connectivity index (χ3n) is 4.23. The molecule has 1 unspecified atom stereocenters. The maximum Gasteiger partial charge on any atom is 0.0944 e. The minimum Gasteiger partial charge on any atom is -0.271 e. The topological polar surface area (TPSA) is 50.9 Å². The summed E-state index contributed by atoms with van der Waals surface area (Å²) >= 11 is 1.75. The third kappa shape index (κ3) is 3.53. The van der Waals surface area contributed by atoms with Crippen LogP contribution in [0.2, 0.25) is 0 Å². The van der Waals surface area contributed by atoms with E-state index in [0.29, 0.717) is 17.4 Å². The molecule has 3 N–H and O–H groups in total. The normalized spacial score (nSPS) is 22.0. The van der Waals surface area contributed by atoms with E-state index >= 15 is 0 Å². The number of nitrogens with two attached hydrogens (primary N) is 1. The molecule has 1 aromatic rings. The second-order valence-corrected chi connectivity index (χ2v) is 7.30. The zero-order valence-electron chi connectivity index (χ0n) is 11.7. The Hall–Kier alpha value is -0.450. The number of aryl methyl sites for hydroxylation is 1. The zero-order valence-corrected chi connectivity index (χ0v) is 12.5. The molecule has 0 aromatic carbocycles. The Bertz CT molecular complexity index is 376. The lowest BCUT2D eigenvalue weighted by Crippen LogP contribution is -2.44. The first-order valence-electron chi connectivity index (χ1n) is 6.87. The molecule has 102 valence electrons. The summed E-state index contributed by atoms with van der Waals surface area (Å²) in [5.41, 5.74) is 4.67. The summed E-state index contributed by atoms with van der Waals surface area (Å²) in [6.45, 7) is 6.80. The van der Waals surface area contributed by atoms with Crippen LogP contribution in [0, 0.1) is 18.3 Å². The van der Waals surface area contributed by atoms with Crippen molar-refractivity contribution < 1.29 is 0 Å². The standard InChI is InChI=1S/C14H25N3S/c1-10-9-18-13(16-10)8-12(17-15)11-4-6-14(2,3)7-5-11/h9,11-12,17H,4-8,15H2,1-3H3. The van der Waals surface area contributed by atoms with E-state index in [1.807, 2.05) is 6.92 Å². The molecule has 1 aromatic heterocycles. The van der Waals surface area contributed by atoms with Crippen molar-refractivity contribution in [3.8, 4) is 0 Å². The average molecular weight is 267 g/mol. The summed E-state index contributed by atoms with van der Waals surface area (Å²) in [7, 11) is 0. The summed E-state index contributed by atoms with van der Waals surface area (Å²) in [6.07, 6.45) is 6.16. The summed E-state index contributed by atoms with van der Waals surface area (Å²) in [4.78, 5) is 4.54. The maximum absolute atomic E-state index is 5.75. The second kappa shape index (κ2) is 5.68. The monoisotopic (exact) mass is 267 g/mol. The van der Waals surface area contributed by atoms with Crippen LogP contribution in [-0.2, 0) is 6.42 Å². The van der Waals surface area contributed by atoms with E-state index in [9.17, 15) is 0 Å². The van der Waals surface area contributed by atoms with Gasteiger partial charge >= 0.3 is 0 Å². The molecule has 0 aliphatic heterocycles. The van der Waals surface area contributed by atoms with Crippen LogP contribution >= 0.6 is 11.3 Å². The van der Waals surface area contributed by atoms with Crippen molar-refractivity contribution in [1.29, 1.82) is 0 Å². The van der Waals surface area contributed by atoms with Crippen LogP contribution in [0.15, 0.2) is 5.38 Å². The van der Waals surface area contributed by atoms with Crippen LogP contribution in [0.1, 0.15) is 50.2 Å². The summed E-state index contributed by atoms with van der Waals surface area (Å²) in [5, 5.41) is 3.33. The smallest absolute Gasteiger partial charge is 0.0944 e. The molecule has 1 atom stereocenters. The lowest BCUT2D eigenvalue weighted by molar-refractivity contribution is 0.161. The minimum absolute atomic E-state index is 0.381. The van der Waals surface area contributed by atoms with Crippen molar-refractivity contribution in [2.75, 3.05) is 0 Å². The Morgan fingerprint density at radius 1 is 1.50 bits per heavy atom. The minimum atomic E-state index is 0.381. The highest BCUT2D eigenvalue weighted by Crippen LogP contribution is 2.39. The van der Waals surface area contributed by atoms with Crippen molar-refractivity contribution >= 4 is 11.3 Å². The van der Waals surface area contributed by atoms with Crippen LogP contribution < -0.4 is 11.3 Å². The second-order valence-electron chi connectivity index (χ2n) is 6.36. The molecule has 2 rings (SSSR count). The Balaban J connectivity index is 1.93. The molecule has 0 spiro atoms. The van der Waals surface area contributed by atoms with E-state index in [4.69, 9.17) is 5.84 Å². The van der Waals surface area contributed by atoms with Crippen LogP contribution in [0.25, 0.3) is 0 Å². The number of rotatable bonds is 4. The molecule has 1 heterocycles. The molecule has 1 fully saturated rings. The Labute approximate surface area is 114 Å². The largest absolute Gasteiger partial charge is 0.271 e. The van der Waals surface area contributed by atoms with Crippen LogP contribution in [-0.4, -0.2) is 11.0 Å². The first-order chi connectivity index (χ1) is 8.50. The summed E-state index contributed by atoms with van der Waals surface area (Å²) in [5.74, 6) is 6.45. The van der Waals surface area contributed by atoms with Crippen LogP contribution in [0.5, 0.6) is 0 Å². The van der Waals surface area contributed by atoms with E-state index in [1.165, 1.54) is 30.7 Å². The van der Waals surface area contributed by atoms with Crippen molar-refractivity contribution in [2.45, 2.75) is 58.9 Å². The molecule has 4 heteroatoms. The fourth-order valence-electron chi connectivity index (χ4n) is 2.87. The lowest BCUT2D eigenvalue weighted by Gasteiger charge is -2.37. The highest BCUT2D eigenvalue weighted by atomic mass is 32.1. The SMILES string of the molecule is Cc1csc(CC(NN)C2CCC(C)(C)CC2)n1. The van der Waals surface area contributed by atoms with Gasteiger partial charge in [0.2, 0.25) is 0 Å². The molecular formula is C14H25N3S. The Morgan fingerprint density at radius 3 is 2.67 bits per heavy atom. The zero-order chi connectivity index (χ0) is 13.2. The van der Waals surface area contributed by atoms with Crippen molar-refractivity contribution in [3.05, 3.63) is 16.1 Å². The van der Waals surface area contributed by atoms with Crippen LogP contribution in [0.4, 0.5) is 0 Å². The van der Waals surface area contributed by atoms with Gasteiger partial charge in [0.15, 0.2) is 0 Å². The van der Waals surface area contributed by atoms with E-state index in [-0.39, 0.29) is 0 Å². The van der Waals surface area contributed by atoms with Gasteiger partial charge in [-0.1, -0.05) is 13.8 Å². The first-order valence-corrected chi connectivity index (χ1v) is 7.75. The molecule has 0 amide bonds. The molecule has 1 aliphatic rings. The summed E-state index contributed by atoms with van der Waals surface area (Å²) < 4.78 is 0. The van der Waals surface area contributed by atoms with Crippen molar-refractivity contribution in [3.63, 3.8) is 0 Å². The van der Waals surface area contributed by atoms with Gasteiger partial charge in [0.1, 0.15) is 0 Å². The number of nitrogens with zero attached hydrogens (tertiary/aromatic N) is 1. The van der Waals surface area contributed by atoms with Gasteiger partial charge in [0.05, 0.1) is 5.01 Å².